The Bertz CT molecular complexity index is 798. The Balaban J connectivity index is 2.13. The third-order valence-electron chi connectivity index (χ3n) is 3.14. The van der Waals surface area contributed by atoms with Crippen molar-refractivity contribution in [3.05, 3.63) is 48.5 Å². The van der Waals surface area contributed by atoms with Crippen LogP contribution >= 0.6 is 0 Å². The molecule has 1 heterocycles. The molecule has 0 radical (unpaired) electrons. The van der Waals surface area contributed by atoms with Crippen LogP contribution in [0.15, 0.2) is 48.5 Å². The van der Waals surface area contributed by atoms with Crippen LogP contribution in [0.25, 0.3) is 22.4 Å². The third-order valence-corrected chi connectivity index (χ3v) is 3.14. The summed E-state index contributed by atoms with van der Waals surface area (Å²) in [5.74, 6) is 3.99. The number of para-hydroxylation sites is 2. The zero-order valence-corrected chi connectivity index (χ0v) is 11.6. The Kier molecular flexibility index (Phi) is 3.48. The molecule has 0 saturated carbocycles. The van der Waals surface area contributed by atoms with Crippen LogP contribution in [0, 0.1) is 12.3 Å². The van der Waals surface area contributed by atoms with E-state index in [0.29, 0.717) is 5.82 Å². The topological polar surface area (TPSA) is 36.3 Å². The van der Waals surface area contributed by atoms with E-state index in [1.54, 1.807) is 11.8 Å². The number of benzene rings is 2. The van der Waals surface area contributed by atoms with Gasteiger partial charge in [0.1, 0.15) is 11.3 Å². The molecule has 0 unspecified atom stereocenters. The number of hydrogen-bond acceptors (Lipinski definition) is 3. The van der Waals surface area contributed by atoms with Gasteiger partial charge < -0.3 is 9.57 Å². The average Bonchev–Trinajstić information content (AvgIpc) is 2.91. The summed E-state index contributed by atoms with van der Waals surface area (Å²) in [4.78, 5) is 10.3. The Morgan fingerprint density at radius 1 is 1.14 bits per heavy atom. The van der Waals surface area contributed by atoms with Crippen LogP contribution < -0.4 is 9.57 Å². The summed E-state index contributed by atoms with van der Waals surface area (Å²) >= 11 is 0. The molecule has 2 aromatic carbocycles. The number of fused-ring (bicyclic) bond motifs is 1. The molecule has 0 aliphatic heterocycles. The van der Waals surface area contributed by atoms with Gasteiger partial charge in [-0.15, -0.1) is 6.42 Å². The van der Waals surface area contributed by atoms with Gasteiger partial charge in [-0.1, -0.05) is 18.1 Å². The lowest BCUT2D eigenvalue weighted by Crippen LogP contribution is -2.12. The lowest BCUT2D eigenvalue weighted by atomic mass is 10.2. The normalized spacial score (nSPS) is 10.3. The molecule has 4 heteroatoms. The zero-order valence-electron chi connectivity index (χ0n) is 11.6. The van der Waals surface area contributed by atoms with Gasteiger partial charge in [-0.05, 0) is 36.4 Å². The first-order valence-corrected chi connectivity index (χ1v) is 6.52. The number of methoxy groups -OCH3 is 1. The van der Waals surface area contributed by atoms with Crippen molar-refractivity contribution in [1.29, 1.82) is 0 Å². The first-order chi connectivity index (χ1) is 10.3. The van der Waals surface area contributed by atoms with Gasteiger partial charge in [0, 0.05) is 5.56 Å². The molecule has 0 bridgehead atoms. The van der Waals surface area contributed by atoms with Crippen molar-refractivity contribution in [2.24, 2.45) is 0 Å². The van der Waals surface area contributed by atoms with Crippen LogP contribution in [-0.2, 0) is 0 Å². The molecule has 3 aromatic rings. The number of ether oxygens (including phenoxy) is 1. The summed E-state index contributed by atoms with van der Waals surface area (Å²) in [6.45, 7) is 0.184. The first-order valence-electron chi connectivity index (χ1n) is 6.52. The molecule has 1 aromatic heterocycles. The van der Waals surface area contributed by atoms with E-state index >= 15 is 0 Å². The predicted octanol–water partition coefficient (Wildman–Crippen LogP) is 2.77. The Labute approximate surface area is 122 Å². The van der Waals surface area contributed by atoms with Gasteiger partial charge >= 0.3 is 0 Å². The maximum atomic E-state index is 5.64. The van der Waals surface area contributed by atoms with E-state index in [4.69, 9.17) is 16.0 Å². The van der Waals surface area contributed by atoms with Crippen LogP contribution in [0.4, 0.5) is 0 Å². The predicted molar refractivity (Wildman–Crippen MR) is 82.0 cm³/mol. The van der Waals surface area contributed by atoms with Crippen LogP contribution in [0.5, 0.6) is 5.75 Å². The minimum absolute atomic E-state index is 0.184. The second-order valence-corrected chi connectivity index (χ2v) is 4.42. The van der Waals surface area contributed by atoms with Gasteiger partial charge in [-0.25, -0.2) is 4.98 Å². The lowest BCUT2D eigenvalue weighted by molar-refractivity contribution is 0.153. The van der Waals surface area contributed by atoms with Gasteiger partial charge in [0.2, 0.25) is 0 Å². The van der Waals surface area contributed by atoms with Crippen molar-refractivity contribution < 1.29 is 9.57 Å². The number of aromatic nitrogens is 2. The number of hydrogen-bond donors (Lipinski definition) is 0. The lowest BCUT2D eigenvalue weighted by Gasteiger charge is -2.09. The molecule has 0 aliphatic carbocycles. The molecular weight excluding hydrogens is 264 g/mol. The van der Waals surface area contributed by atoms with E-state index in [2.05, 4.69) is 10.9 Å². The fourth-order valence-electron chi connectivity index (χ4n) is 2.16. The monoisotopic (exact) mass is 278 g/mol. The fraction of sp³-hybridized carbons (Fsp3) is 0.118. The summed E-state index contributed by atoms with van der Waals surface area (Å²) in [5, 5.41) is 0. The quantitative estimate of drug-likeness (QED) is 0.688. The van der Waals surface area contributed by atoms with Gasteiger partial charge in [-0.2, -0.15) is 4.73 Å². The van der Waals surface area contributed by atoms with E-state index in [0.717, 1.165) is 22.3 Å². The van der Waals surface area contributed by atoms with E-state index in [1.165, 1.54) is 0 Å². The summed E-state index contributed by atoms with van der Waals surface area (Å²) in [6, 6.07) is 15.4. The molecule has 0 aliphatic rings. The molecule has 3 rings (SSSR count). The maximum Gasteiger partial charge on any atom is 0.176 e. The molecule has 0 saturated heterocycles. The molecule has 0 N–H and O–H groups in total. The minimum atomic E-state index is 0.184. The van der Waals surface area contributed by atoms with Crippen molar-refractivity contribution >= 4 is 11.0 Å². The molecule has 104 valence electrons. The number of terminal acetylenes is 1. The second kappa shape index (κ2) is 5.59. The second-order valence-electron chi connectivity index (χ2n) is 4.42. The summed E-state index contributed by atoms with van der Waals surface area (Å²) in [7, 11) is 1.64. The molecule has 0 amide bonds. The van der Waals surface area contributed by atoms with Crippen molar-refractivity contribution in [2.75, 3.05) is 13.7 Å². The van der Waals surface area contributed by atoms with Gasteiger partial charge in [0.15, 0.2) is 12.4 Å². The molecule has 0 spiro atoms. The highest BCUT2D eigenvalue weighted by molar-refractivity contribution is 5.80. The van der Waals surface area contributed by atoms with E-state index < -0.39 is 0 Å². The van der Waals surface area contributed by atoms with Crippen LogP contribution in [-0.4, -0.2) is 23.4 Å². The number of rotatable bonds is 4. The highest BCUT2D eigenvalue weighted by atomic mass is 16.7. The van der Waals surface area contributed by atoms with Gasteiger partial charge in [0.05, 0.1) is 12.6 Å². The summed E-state index contributed by atoms with van der Waals surface area (Å²) in [6.07, 6.45) is 5.29. The average molecular weight is 278 g/mol. The van der Waals surface area contributed by atoms with Crippen LogP contribution in [0.1, 0.15) is 0 Å². The maximum absolute atomic E-state index is 5.64. The van der Waals surface area contributed by atoms with Crippen molar-refractivity contribution in [2.45, 2.75) is 0 Å². The first kappa shape index (κ1) is 13.1. The Morgan fingerprint density at radius 2 is 1.90 bits per heavy atom. The zero-order chi connectivity index (χ0) is 14.7. The van der Waals surface area contributed by atoms with E-state index in [-0.39, 0.29) is 6.61 Å². The highest BCUT2D eigenvalue weighted by Crippen LogP contribution is 2.25. The van der Waals surface area contributed by atoms with E-state index in [9.17, 15) is 0 Å². The van der Waals surface area contributed by atoms with Crippen molar-refractivity contribution in [3.8, 4) is 29.5 Å². The van der Waals surface area contributed by atoms with Crippen LogP contribution in [0.2, 0.25) is 0 Å². The smallest absolute Gasteiger partial charge is 0.176 e. The standard InChI is InChI=1S/C17H14N2O2/c1-3-12-21-19-16-7-5-4-6-15(16)18-17(19)13-8-10-14(20-2)11-9-13/h1,4-11H,12H2,2H3. The minimum Gasteiger partial charge on any atom is -0.497 e. The van der Waals surface area contributed by atoms with E-state index in [1.807, 2.05) is 48.5 Å². The fourth-order valence-corrected chi connectivity index (χ4v) is 2.16. The van der Waals surface area contributed by atoms with Crippen molar-refractivity contribution in [3.63, 3.8) is 0 Å². The number of nitrogens with zero attached hydrogens (tertiary/aromatic N) is 2. The molecule has 0 atom stereocenters. The third kappa shape index (κ3) is 2.41. The SMILES string of the molecule is C#CCOn1c(-c2ccc(OC)cc2)nc2ccccc21. The van der Waals surface area contributed by atoms with Gasteiger partial charge in [0.25, 0.3) is 0 Å². The Hall–Kier alpha value is -2.93. The largest absolute Gasteiger partial charge is 0.497 e. The van der Waals surface area contributed by atoms with Crippen LogP contribution in [0.3, 0.4) is 0 Å². The number of imidazole rings is 1. The van der Waals surface area contributed by atoms with Crippen molar-refractivity contribution in [1.82, 2.24) is 9.71 Å². The molecule has 4 nitrogen and oxygen atoms in total. The molecule has 0 fully saturated rings. The Morgan fingerprint density at radius 3 is 2.62 bits per heavy atom. The molecular formula is C17H14N2O2. The summed E-state index contributed by atoms with van der Waals surface area (Å²) in [5.41, 5.74) is 2.68. The van der Waals surface area contributed by atoms with Gasteiger partial charge in [-0.3, -0.25) is 0 Å². The highest BCUT2D eigenvalue weighted by Gasteiger charge is 2.13. The molecule has 21 heavy (non-hydrogen) atoms. The summed E-state index contributed by atoms with van der Waals surface area (Å²) < 4.78 is 6.85.